The molecule has 0 unspecified atom stereocenters. The van der Waals surface area contributed by atoms with E-state index >= 15 is 0 Å². The molecular weight excluding hydrogens is 190 g/mol. The van der Waals surface area contributed by atoms with Gasteiger partial charge >= 0.3 is 5.97 Å². The average molecular weight is 207 g/mol. The Kier molecular flexibility index (Phi) is 3.12. The molecule has 0 radical (unpaired) electrons. The molecular formula is C12H17NO2. The van der Waals surface area contributed by atoms with Crippen LogP contribution >= 0.6 is 0 Å². The Labute approximate surface area is 90.2 Å². The normalized spacial score (nSPS) is 11.8. The summed E-state index contributed by atoms with van der Waals surface area (Å²) in [7, 11) is 0. The number of nitrogens with zero attached hydrogens (tertiary/aromatic N) is 1. The molecule has 0 saturated heterocycles. The van der Waals surface area contributed by atoms with E-state index in [1.54, 1.807) is 26.2 Å². The van der Waals surface area contributed by atoms with Gasteiger partial charge in [-0.2, -0.15) is 0 Å². The maximum atomic E-state index is 11.1. The number of carbonyl (C=O) groups is 1. The highest BCUT2D eigenvalue weighted by Gasteiger charge is 2.29. The van der Waals surface area contributed by atoms with Crippen LogP contribution in [0.4, 0.5) is 0 Å². The van der Waals surface area contributed by atoms with E-state index in [0.717, 1.165) is 11.1 Å². The first-order valence-corrected chi connectivity index (χ1v) is 5.04. The monoisotopic (exact) mass is 207 g/mol. The molecule has 82 valence electrons. The minimum absolute atomic E-state index is 0.363. The lowest BCUT2D eigenvalue weighted by atomic mass is 9.84. The highest BCUT2D eigenvalue weighted by molar-refractivity contribution is 5.80. The Balaban J connectivity index is 3.16. The molecule has 0 amide bonds. The number of hydrogen-bond donors (Lipinski definition) is 1. The standard InChI is InChI=1S/C12H17NO2/c1-8(2)9-5-10(7-13-6-9)12(3,4)11(14)15/h5-8H,1-4H3,(H,14,15). The molecule has 0 aliphatic carbocycles. The van der Waals surface area contributed by atoms with Crippen LogP contribution in [0, 0.1) is 0 Å². The highest BCUT2D eigenvalue weighted by atomic mass is 16.4. The van der Waals surface area contributed by atoms with E-state index in [9.17, 15) is 4.79 Å². The summed E-state index contributed by atoms with van der Waals surface area (Å²) in [5.41, 5.74) is 0.945. The number of aliphatic carboxylic acids is 1. The number of rotatable bonds is 3. The largest absolute Gasteiger partial charge is 0.481 e. The van der Waals surface area contributed by atoms with Gasteiger partial charge in [0.05, 0.1) is 5.41 Å². The zero-order valence-electron chi connectivity index (χ0n) is 9.61. The Hall–Kier alpha value is -1.38. The van der Waals surface area contributed by atoms with E-state index in [1.165, 1.54) is 0 Å². The molecule has 1 aromatic rings. The summed E-state index contributed by atoms with van der Waals surface area (Å²) < 4.78 is 0. The van der Waals surface area contributed by atoms with Crippen molar-refractivity contribution in [3.05, 3.63) is 29.6 Å². The van der Waals surface area contributed by atoms with E-state index in [1.807, 2.05) is 6.07 Å². The van der Waals surface area contributed by atoms with Crippen molar-refractivity contribution in [1.29, 1.82) is 0 Å². The lowest BCUT2D eigenvalue weighted by Crippen LogP contribution is -2.28. The van der Waals surface area contributed by atoms with Crippen LogP contribution < -0.4 is 0 Å². The second kappa shape index (κ2) is 4.01. The number of pyridine rings is 1. The molecule has 0 aliphatic rings. The van der Waals surface area contributed by atoms with Crippen molar-refractivity contribution in [1.82, 2.24) is 4.98 Å². The Morgan fingerprint density at radius 1 is 1.40 bits per heavy atom. The summed E-state index contributed by atoms with van der Waals surface area (Å²) in [5, 5.41) is 9.10. The van der Waals surface area contributed by atoms with Crippen LogP contribution in [0.5, 0.6) is 0 Å². The quantitative estimate of drug-likeness (QED) is 0.828. The number of carboxylic acids is 1. The van der Waals surface area contributed by atoms with Gasteiger partial charge in [0.25, 0.3) is 0 Å². The summed E-state index contributed by atoms with van der Waals surface area (Å²) in [6, 6.07) is 1.92. The van der Waals surface area contributed by atoms with Gasteiger partial charge in [-0.15, -0.1) is 0 Å². The molecule has 0 aliphatic heterocycles. The second-order valence-electron chi connectivity index (χ2n) is 4.59. The first-order valence-electron chi connectivity index (χ1n) is 5.04. The van der Waals surface area contributed by atoms with Gasteiger partial charge in [0.1, 0.15) is 0 Å². The minimum Gasteiger partial charge on any atom is -0.481 e. The molecule has 3 heteroatoms. The predicted octanol–water partition coefficient (Wildman–Crippen LogP) is 2.57. The first-order chi connectivity index (χ1) is 6.85. The zero-order valence-corrected chi connectivity index (χ0v) is 9.61. The van der Waals surface area contributed by atoms with Crippen molar-refractivity contribution in [2.24, 2.45) is 0 Å². The molecule has 3 nitrogen and oxygen atoms in total. The third kappa shape index (κ3) is 2.35. The molecule has 1 heterocycles. The Bertz CT molecular complexity index is 370. The predicted molar refractivity (Wildman–Crippen MR) is 59.0 cm³/mol. The molecule has 0 spiro atoms. The van der Waals surface area contributed by atoms with Crippen LogP contribution in [0.15, 0.2) is 18.5 Å². The SMILES string of the molecule is CC(C)c1cncc(C(C)(C)C(=O)O)c1. The van der Waals surface area contributed by atoms with Gasteiger partial charge in [0, 0.05) is 12.4 Å². The maximum absolute atomic E-state index is 11.1. The lowest BCUT2D eigenvalue weighted by Gasteiger charge is -2.20. The fraction of sp³-hybridized carbons (Fsp3) is 0.500. The summed E-state index contributed by atoms with van der Waals surface area (Å²) in [6.07, 6.45) is 3.41. The van der Waals surface area contributed by atoms with E-state index in [-0.39, 0.29) is 0 Å². The minimum atomic E-state index is -0.877. The number of hydrogen-bond acceptors (Lipinski definition) is 2. The average Bonchev–Trinajstić information content (AvgIpc) is 2.17. The van der Waals surface area contributed by atoms with Crippen LogP contribution in [0.3, 0.4) is 0 Å². The number of carboxylic acid groups (broad SMARTS) is 1. The fourth-order valence-electron chi connectivity index (χ4n) is 1.24. The van der Waals surface area contributed by atoms with Crippen LogP contribution in [-0.4, -0.2) is 16.1 Å². The van der Waals surface area contributed by atoms with Crippen LogP contribution in [0.2, 0.25) is 0 Å². The van der Waals surface area contributed by atoms with Crippen molar-refractivity contribution in [2.75, 3.05) is 0 Å². The Morgan fingerprint density at radius 2 is 2.00 bits per heavy atom. The van der Waals surface area contributed by atoms with Gasteiger partial charge in [0.15, 0.2) is 0 Å². The van der Waals surface area contributed by atoms with Crippen LogP contribution in [0.1, 0.15) is 44.7 Å². The summed E-state index contributed by atoms with van der Waals surface area (Å²) >= 11 is 0. The van der Waals surface area contributed by atoms with Crippen molar-refractivity contribution in [3.63, 3.8) is 0 Å². The topological polar surface area (TPSA) is 50.2 Å². The third-order valence-electron chi connectivity index (χ3n) is 2.68. The summed E-state index contributed by atoms with van der Waals surface area (Å²) in [4.78, 5) is 15.2. The fourth-order valence-corrected chi connectivity index (χ4v) is 1.24. The number of aromatic nitrogens is 1. The van der Waals surface area contributed by atoms with Gasteiger partial charge in [-0.25, -0.2) is 0 Å². The van der Waals surface area contributed by atoms with Gasteiger partial charge in [-0.3, -0.25) is 9.78 Å². The van der Waals surface area contributed by atoms with E-state index in [2.05, 4.69) is 18.8 Å². The van der Waals surface area contributed by atoms with Crippen LogP contribution in [-0.2, 0) is 10.2 Å². The molecule has 1 rings (SSSR count). The molecule has 0 fully saturated rings. The van der Waals surface area contributed by atoms with Crippen molar-refractivity contribution in [3.8, 4) is 0 Å². The molecule has 0 bridgehead atoms. The zero-order chi connectivity index (χ0) is 11.6. The van der Waals surface area contributed by atoms with Crippen molar-refractivity contribution < 1.29 is 9.90 Å². The third-order valence-corrected chi connectivity index (χ3v) is 2.68. The van der Waals surface area contributed by atoms with Gasteiger partial charge in [0.2, 0.25) is 0 Å². The molecule has 0 atom stereocenters. The highest BCUT2D eigenvalue weighted by Crippen LogP contribution is 2.25. The van der Waals surface area contributed by atoms with E-state index in [0.29, 0.717) is 5.92 Å². The summed E-state index contributed by atoms with van der Waals surface area (Å²) in [6.45, 7) is 7.51. The molecule has 0 aromatic carbocycles. The Morgan fingerprint density at radius 3 is 2.47 bits per heavy atom. The molecule has 15 heavy (non-hydrogen) atoms. The molecule has 1 aromatic heterocycles. The van der Waals surface area contributed by atoms with Gasteiger partial charge < -0.3 is 5.11 Å². The summed E-state index contributed by atoms with van der Waals surface area (Å²) in [5.74, 6) is -0.466. The maximum Gasteiger partial charge on any atom is 0.313 e. The van der Waals surface area contributed by atoms with Crippen LogP contribution in [0.25, 0.3) is 0 Å². The second-order valence-corrected chi connectivity index (χ2v) is 4.59. The van der Waals surface area contributed by atoms with Gasteiger partial charge in [-0.1, -0.05) is 19.9 Å². The lowest BCUT2D eigenvalue weighted by molar-refractivity contribution is -0.142. The first kappa shape index (κ1) is 11.7. The molecule has 1 N–H and O–H groups in total. The van der Waals surface area contributed by atoms with Crippen molar-refractivity contribution in [2.45, 2.75) is 39.0 Å². The van der Waals surface area contributed by atoms with E-state index < -0.39 is 11.4 Å². The molecule has 0 saturated carbocycles. The van der Waals surface area contributed by atoms with Crippen molar-refractivity contribution >= 4 is 5.97 Å². The van der Waals surface area contributed by atoms with Gasteiger partial charge in [-0.05, 0) is 30.9 Å². The van der Waals surface area contributed by atoms with E-state index in [4.69, 9.17) is 5.11 Å². The smallest absolute Gasteiger partial charge is 0.313 e.